The molecule has 0 radical (unpaired) electrons. The predicted octanol–water partition coefficient (Wildman–Crippen LogP) is 0.0478. The number of esters is 1. The van der Waals surface area contributed by atoms with Gasteiger partial charge in [-0.2, -0.15) is 0 Å². The molecule has 13 heavy (non-hydrogen) atoms. The lowest BCUT2D eigenvalue weighted by atomic mass is 10.2. The molecule has 74 valence electrons. The molecule has 1 saturated heterocycles. The van der Waals surface area contributed by atoms with Crippen LogP contribution in [0, 0.1) is 0 Å². The van der Waals surface area contributed by atoms with Gasteiger partial charge in [0.1, 0.15) is 0 Å². The van der Waals surface area contributed by atoms with Crippen LogP contribution in [0.2, 0.25) is 0 Å². The van der Waals surface area contributed by atoms with Crippen LogP contribution >= 0.6 is 0 Å². The van der Waals surface area contributed by atoms with E-state index in [4.69, 9.17) is 4.74 Å². The Hall–Kier alpha value is -0.870. The van der Waals surface area contributed by atoms with Gasteiger partial charge in [0.05, 0.1) is 20.3 Å². The van der Waals surface area contributed by atoms with Gasteiger partial charge < -0.3 is 9.47 Å². The average molecular weight is 185 g/mol. The van der Waals surface area contributed by atoms with Gasteiger partial charge in [-0.1, -0.05) is 6.58 Å². The van der Waals surface area contributed by atoms with Crippen LogP contribution in [0.5, 0.6) is 0 Å². The highest BCUT2D eigenvalue weighted by Gasteiger charge is 2.14. The summed E-state index contributed by atoms with van der Waals surface area (Å²) in [4.78, 5) is 13.1. The molecule has 0 aromatic heterocycles. The van der Waals surface area contributed by atoms with Gasteiger partial charge in [-0.05, 0) is 0 Å². The zero-order valence-corrected chi connectivity index (χ0v) is 7.91. The second-order valence-electron chi connectivity index (χ2n) is 2.98. The van der Waals surface area contributed by atoms with Crippen LogP contribution < -0.4 is 0 Å². The first-order chi connectivity index (χ1) is 6.24. The van der Waals surface area contributed by atoms with Crippen molar-refractivity contribution >= 4 is 5.97 Å². The maximum atomic E-state index is 11.0. The molecule has 1 aliphatic heterocycles. The summed E-state index contributed by atoms with van der Waals surface area (Å²) in [5.41, 5.74) is 0.504. The fraction of sp³-hybridized carbons (Fsp3) is 0.667. The molecule has 0 aromatic rings. The third kappa shape index (κ3) is 3.16. The zero-order valence-electron chi connectivity index (χ0n) is 7.91. The highest BCUT2D eigenvalue weighted by atomic mass is 16.5. The van der Waals surface area contributed by atoms with Crippen molar-refractivity contribution in [2.75, 3.05) is 40.0 Å². The largest absolute Gasteiger partial charge is 0.466 e. The molecule has 0 amide bonds. The Morgan fingerprint density at radius 3 is 2.69 bits per heavy atom. The number of ether oxygens (including phenoxy) is 2. The number of hydrogen-bond acceptors (Lipinski definition) is 4. The fourth-order valence-electron chi connectivity index (χ4n) is 1.24. The molecule has 4 heteroatoms. The number of morpholine rings is 1. The average Bonchev–Trinajstić information content (AvgIpc) is 2.18. The van der Waals surface area contributed by atoms with Crippen molar-refractivity contribution in [3.63, 3.8) is 0 Å². The number of carbonyl (C=O) groups excluding carboxylic acids is 1. The molecule has 0 unspecified atom stereocenters. The van der Waals surface area contributed by atoms with Crippen LogP contribution in [0.15, 0.2) is 12.2 Å². The van der Waals surface area contributed by atoms with Crippen molar-refractivity contribution in [3.05, 3.63) is 12.2 Å². The van der Waals surface area contributed by atoms with E-state index in [1.54, 1.807) is 0 Å². The van der Waals surface area contributed by atoms with E-state index in [2.05, 4.69) is 16.2 Å². The maximum Gasteiger partial charge on any atom is 0.334 e. The van der Waals surface area contributed by atoms with Crippen LogP contribution in [0.3, 0.4) is 0 Å². The van der Waals surface area contributed by atoms with E-state index in [1.807, 2.05) is 0 Å². The van der Waals surface area contributed by atoms with E-state index < -0.39 is 0 Å². The number of methoxy groups -OCH3 is 1. The van der Waals surface area contributed by atoms with Crippen LogP contribution in [0.1, 0.15) is 0 Å². The lowest BCUT2D eigenvalue weighted by molar-refractivity contribution is -0.136. The van der Waals surface area contributed by atoms with Crippen LogP contribution in [0.25, 0.3) is 0 Å². The van der Waals surface area contributed by atoms with E-state index in [-0.39, 0.29) is 5.97 Å². The first-order valence-electron chi connectivity index (χ1n) is 4.30. The molecule has 1 fully saturated rings. The molecule has 0 aromatic carbocycles. The minimum Gasteiger partial charge on any atom is -0.466 e. The van der Waals surface area contributed by atoms with Crippen molar-refractivity contribution in [2.24, 2.45) is 0 Å². The topological polar surface area (TPSA) is 38.8 Å². The first-order valence-corrected chi connectivity index (χ1v) is 4.30. The number of nitrogens with zero attached hydrogens (tertiary/aromatic N) is 1. The van der Waals surface area contributed by atoms with Gasteiger partial charge >= 0.3 is 5.97 Å². The van der Waals surface area contributed by atoms with Gasteiger partial charge in [0.2, 0.25) is 0 Å². The molecular weight excluding hydrogens is 170 g/mol. The van der Waals surface area contributed by atoms with E-state index >= 15 is 0 Å². The smallest absolute Gasteiger partial charge is 0.334 e. The number of rotatable bonds is 3. The number of carbonyl (C=O) groups is 1. The van der Waals surface area contributed by atoms with Crippen LogP contribution in [-0.2, 0) is 14.3 Å². The lowest BCUT2D eigenvalue weighted by Crippen LogP contribution is -2.38. The van der Waals surface area contributed by atoms with Gasteiger partial charge in [0.25, 0.3) is 0 Å². The van der Waals surface area contributed by atoms with Gasteiger partial charge in [-0.3, -0.25) is 4.90 Å². The van der Waals surface area contributed by atoms with Crippen molar-refractivity contribution in [1.29, 1.82) is 0 Å². The molecule has 0 aliphatic carbocycles. The predicted molar refractivity (Wildman–Crippen MR) is 48.4 cm³/mol. The monoisotopic (exact) mass is 185 g/mol. The third-order valence-corrected chi connectivity index (χ3v) is 1.99. The van der Waals surface area contributed by atoms with Gasteiger partial charge in [0, 0.05) is 25.2 Å². The summed E-state index contributed by atoms with van der Waals surface area (Å²) in [7, 11) is 1.37. The maximum absolute atomic E-state index is 11.0. The van der Waals surface area contributed by atoms with Crippen molar-refractivity contribution < 1.29 is 14.3 Å². The molecule has 0 atom stereocenters. The Kier molecular flexibility index (Phi) is 3.92. The molecule has 4 nitrogen and oxygen atoms in total. The molecule has 1 aliphatic rings. The quantitative estimate of drug-likeness (QED) is 0.460. The lowest BCUT2D eigenvalue weighted by Gasteiger charge is -2.26. The minimum absolute atomic E-state index is 0.327. The normalized spacial score (nSPS) is 18.2. The van der Waals surface area contributed by atoms with Crippen LogP contribution in [0.4, 0.5) is 0 Å². The second kappa shape index (κ2) is 4.99. The number of hydrogen-bond donors (Lipinski definition) is 0. The summed E-state index contributed by atoms with van der Waals surface area (Å²) in [5.74, 6) is -0.327. The Morgan fingerprint density at radius 1 is 1.54 bits per heavy atom. The molecule has 0 spiro atoms. The Balaban J connectivity index is 2.30. The van der Waals surface area contributed by atoms with E-state index in [0.717, 1.165) is 26.3 Å². The second-order valence-corrected chi connectivity index (χ2v) is 2.98. The van der Waals surface area contributed by atoms with Crippen molar-refractivity contribution in [3.8, 4) is 0 Å². The highest BCUT2D eigenvalue weighted by Crippen LogP contribution is 2.02. The van der Waals surface area contributed by atoms with E-state index in [1.165, 1.54) is 7.11 Å². The van der Waals surface area contributed by atoms with Gasteiger partial charge in [0.15, 0.2) is 0 Å². The van der Waals surface area contributed by atoms with Crippen molar-refractivity contribution in [1.82, 2.24) is 4.90 Å². The SMILES string of the molecule is C=C(CN1CCOCC1)C(=O)OC. The third-order valence-electron chi connectivity index (χ3n) is 1.99. The summed E-state index contributed by atoms with van der Waals surface area (Å²) in [6.45, 7) is 7.42. The summed E-state index contributed by atoms with van der Waals surface area (Å²) >= 11 is 0. The Morgan fingerprint density at radius 2 is 2.15 bits per heavy atom. The summed E-state index contributed by atoms with van der Waals surface area (Å²) in [6, 6.07) is 0. The molecule has 0 N–H and O–H groups in total. The van der Waals surface area contributed by atoms with Crippen LogP contribution in [-0.4, -0.2) is 50.8 Å². The molecule has 1 rings (SSSR count). The fourth-order valence-corrected chi connectivity index (χ4v) is 1.24. The molecule has 0 saturated carbocycles. The first kappa shape index (κ1) is 10.2. The van der Waals surface area contributed by atoms with Crippen molar-refractivity contribution in [2.45, 2.75) is 0 Å². The van der Waals surface area contributed by atoms with Gasteiger partial charge in [-0.25, -0.2) is 4.79 Å². The Bertz CT molecular complexity index is 197. The molecule has 1 heterocycles. The summed E-state index contributed by atoms with van der Waals surface area (Å²) in [5, 5.41) is 0. The standard InChI is InChI=1S/C9H15NO3/c1-8(9(11)12-2)7-10-3-5-13-6-4-10/h1,3-7H2,2H3. The summed E-state index contributed by atoms with van der Waals surface area (Å²) in [6.07, 6.45) is 0. The Labute approximate surface area is 78.1 Å². The molecule has 0 bridgehead atoms. The van der Waals surface area contributed by atoms with E-state index in [0.29, 0.717) is 12.1 Å². The van der Waals surface area contributed by atoms with E-state index in [9.17, 15) is 4.79 Å². The zero-order chi connectivity index (χ0) is 9.68. The molecular formula is C9H15NO3. The summed E-state index contributed by atoms with van der Waals surface area (Å²) < 4.78 is 9.74. The minimum atomic E-state index is -0.327. The highest BCUT2D eigenvalue weighted by molar-refractivity contribution is 5.88. The van der Waals surface area contributed by atoms with Gasteiger partial charge in [-0.15, -0.1) is 0 Å².